The van der Waals surface area contributed by atoms with Crippen LogP contribution in [0.4, 0.5) is 4.39 Å². The van der Waals surface area contributed by atoms with Gasteiger partial charge in [0.05, 0.1) is 20.1 Å². The highest BCUT2D eigenvalue weighted by Crippen LogP contribution is 2.10. The van der Waals surface area contributed by atoms with Crippen LogP contribution in [0.3, 0.4) is 0 Å². The highest BCUT2D eigenvalue weighted by molar-refractivity contribution is 5.88. The molecule has 1 atom stereocenters. The van der Waals surface area contributed by atoms with Crippen LogP contribution in [0, 0.1) is 5.82 Å². The molecule has 7 nitrogen and oxygen atoms in total. The first kappa shape index (κ1) is 17.9. The molecular weight excluding hydrogens is 317 g/mol. The summed E-state index contributed by atoms with van der Waals surface area (Å²) in [5.41, 5.74) is 0.383. The molecule has 1 aliphatic rings. The van der Waals surface area contributed by atoms with Crippen LogP contribution in [0.25, 0.3) is 0 Å². The fraction of sp³-hybridized carbons (Fsp3) is 0.438. The standard InChI is InChI=1S/C16H20FN3O4/c1-24-15(22)8-13-16(23)18-6-7-20(13)10-14(21)19-9-11-4-2-3-5-12(11)17/h2-5,13H,6-10H2,1H3,(H,18,23)(H,19,21)/t13-/m1/s1. The minimum Gasteiger partial charge on any atom is -0.469 e. The van der Waals surface area contributed by atoms with E-state index in [1.165, 1.54) is 13.2 Å². The number of nitrogens with one attached hydrogen (secondary N) is 2. The minimum atomic E-state index is -0.745. The Labute approximate surface area is 139 Å². The summed E-state index contributed by atoms with van der Waals surface area (Å²) in [5, 5.41) is 5.28. The monoisotopic (exact) mass is 337 g/mol. The zero-order chi connectivity index (χ0) is 17.5. The summed E-state index contributed by atoms with van der Waals surface area (Å²) in [4.78, 5) is 37.1. The van der Waals surface area contributed by atoms with E-state index in [0.29, 0.717) is 18.7 Å². The summed E-state index contributed by atoms with van der Waals surface area (Å²) in [7, 11) is 1.24. The van der Waals surface area contributed by atoms with Crippen molar-refractivity contribution in [2.75, 3.05) is 26.7 Å². The fourth-order valence-corrected chi connectivity index (χ4v) is 2.49. The largest absolute Gasteiger partial charge is 0.469 e. The van der Waals surface area contributed by atoms with E-state index in [0.717, 1.165) is 0 Å². The van der Waals surface area contributed by atoms with E-state index < -0.39 is 17.8 Å². The Morgan fingerprint density at radius 2 is 2.17 bits per heavy atom. The number of carbonyl (C=O) groups excluding carboxylic acids is 3. The van der Waals surface area contributed by atoms with Crippen molar-refractivity contribution in [2.24, 2.45) is 0 Å². The van der Waals surface area contributed by atoms with Gasteiger partial charge in [-0.1, -0.05) is 18.2 Å². The first-order valence-electron chi connectivity index (χ1n) is 7.60. The maximum Gasteiger partial charge on any atom is 0.307 e. The first-order valence-corrected chi connectivity index (χ1v) is 7.60. The van der Waals surface area contributed by atoms with Crippen LogP contribution in [-0.2, 0) is 25.7 Å². The van der Waals surface area contributed by atoms with Gasteiger partial charge in [0.2, 0.25) is 11.8 Å². The molecule has 2 rings (SSSR count). The molecule has 1 fully saturated rings. The van der Waals surface area contributed by atoms with Gasteiger partial charge < -0.3 is 15.4 Å². The van der Waals surface area contributed by atoms with Crippen molar-refractivity contribution in [1.82, 2.24) is 15.5 Å². The van der Waals surface area contributed by atoms with Crippen molar-refractivity contribution in [2.45, 2.75) is 19.0 Å². The zero-order valence-corrected chi connectivity index (χ0v) is 13.4. The number of hydrogen-bond acceptors (Lipinski definition) is 5. The highest BCUT2D eigenvalue weighted by Gasteiger charge is 2.32. The number of piperazine rings is 1. The van der Waals surface area contributed by atoms with Crippen molar-refractivity contribution in [3.8, 4) is 0 Å². The van der Waals surface area contributed by atoms with E-state index in [1.54, 1.807) is 23.1 Å². The summed E-state index contributed by atoms with van der Waals surface area (Å²) >= 11 is 0. The topological polar surface area (TPSA) is 87.7 Å². The van der Waals surface area contributed by atoms with E-state index in [9.17, 15) is 18.8 Å². The molecule has 1 aromatic rings. The zero-order valence-electron chi connectivity index (χ0n) is 13.4. The molecule has 0 aromatic heterocycles. The van der Waals surface area contributed by atoms with E-state index in [4.69, 9.17) is 0 Å². The molecule has 130 valence electrons. The second kappa shape index (κ2) is 8.39. The van der Waals surface area contributed by atoms with Gasteiger partial charge in [0.25, 0.3) is 0 Å². The van der Waals surface area contributed by atoms with Crippen molar-refractivity contribution < 1.29 is 23.5 Å². The van der Waals surface area contributed by atoms with Crippen molar-refractivity contribution in [3.63, 3.8) is 0 Å². The van der Waals surface area contributed by atoms with E-state index in [2.05, 4.69) is 15.4 Å². The van der Waals surface area contributed by atoms with Gasteiger partial charge in [0.1, 0.15) is 11.9 Å². The second-order valence-corrected chi connectivity index (χ2v) is 5.43. The Morgan fingerprint density at radius 3 is 2.88 bits per heavy atom. The maximum atomic E-state index is 13.5. The van der Waals surface area contributed by atoms with Crippen LogP contribution in [0.2, 0.25) is 0 Å². The van der Waals surface area contributed by atoms with Gasteiger partial charge >= 0.3 is 5.97 Å². The predicted octanol–water partition coefficient (Wildman–Crippen LogP) is -0.195. The number of benzene rings is 1. The molecule has 1 saturated heterocycles. The molecule has 1 aliphatic heterocycles. The molecule has 0 saturated carbocycles. The number of amides is 2. The molecule has 24 heavy (non-hydrogen) atoms. The van der Waals surface area contributed by atoms with Crippen LogP contribution in [0.15, 0.2) is 24.3 Å². The van der Waals surface area contributed by atoms with Crippen LogP contribution in [-0.4, -0.2) is 55.5 Å². The third-order valence-electron chi connectivity index (χ3n) is 3.81. The number of nitrogens with zero attached hydrogens (tertiary/aromatic N) is 1. The van der Waals surface area contributed by atoms with Crippen molar-refractivity contribution in [3.05, 3.63) is 35.6 Å². The summed E-state index contributed by atoms with van der Waals surface area (Å²) in [6, 6.07) is 5.42. The van der Waals surface area contributed by atoms with Crippen LogP contribution >= 0.6 is 0 Å². The lowest BCUT2D eigenvalue weighted by atomic mass is 10.1. The summed E-state index contributed by atoms with van der Waals surface area (Å²) in [6.45, 7) is 0.856. The second-order valence-electron chi connectivity index (χ2n) is 5.43. The van der Waals surface area contributed by atoms with Gasteiger partial charge in [-0.2, -0.15) is 0 Å². The third kappa shape index (κ3) is 4.76. The Bertz CT molecular complexity index is 623. The van der Waals surface area contributed by atoms with E-state index >= 15 is 0 Å². The summed E-state index contributed by atoms with van der Waals surface area (Å²) < 4.78 is 18.1. The van der Waals surface area contributed by atoms with Gasteiger partial charge in [-0.15, -0.1) is 0 Å². The normalized spacial score (nSPS) is 17.9. The predicted molar refractivity (Wildman–Crippen MR) is 83.3 cm³/mol. The quantitative estimate of drug-likeness (QED) is 0.703. The summed E-state index contributed by atoms with van der Waals surface area (Å²) in [5.74, 6) is -1.57. The molecule has 0 aliphatic carbocycles. The minimum absolute atomic E-state index is 0.0521. The Hall–Kier alpha value is -2.48. The fourth-order valence-electron chi connectivity index (χ4n) is 2.49. The lowest BCUT2D eigenvalue weighted by Gasteiger charge is -2.33. The van der Waals surface area contributed by atoms with E-state index in [-0.39, 0.29) is 31.3 Å². The molecule has 8 heteroatoms. The molecule has 0 radical (unpaired) electrons. The highest BCUT2D eigenvalue weighted by atomic mass is 19.1. The average molecular weight is 337 g/mol. The molecule has 2 amide bonds. The molecule has 0 bridgehead atoms. The van der Waals surface area contributed by atoms with Crippen molar-refractivity contribution >= 4 is 17.8 Å². The summed E-state index contributed by atoms with van der Waals surface area (Å²) in [6.07, 6.45) is -0.122. The van der Waals surface area contributed by atoms with Crippen LogP contribution in [0.5, 0.6) is 0 Å². The lowest BCUT2D eigenvalue weighted by Crippen LogP contribution is -2.57. The SMILES string of the molecule is COC(=O)C[C@@H]1C(=O)NCCN1CC(=O)NCc1ccccc1F. The molecule has 1 aromatic carbocycles. The lowest BCUT2D eigenvalue weighted by molar-refractivity contribution is -0.146. The molecule has 0 unspecified atom stereocenters. The number of ether oxygens (including phenoxy) is 1. The molecule has 2 N–H and O–H groups in total. The van der Waals surface area contributed by atoms with E-state index in [1.807, 2.05) is 0 Å². The van der Waals surface area contributed by atoms with Gasteiger partial charge in [-0.3, -0.25) is 19.3 Å². The van der Waals surface area contributed by atoms with Crippen LogP contribution < -0.4 is 10.6 Å². The molecule has 1 heterocycles. The van der Waals surface area contributed by atoms with Crippen LogP contribution in [0.1, 0.15) is 12.0 Å². The Kier molecular flexibility index (Phi) is 6.25. The number of carbonyl (C=O) groups is 3. The Balaban J connectivity index is 1.91. The number of hydrogen-bond donors (Lipinski definition) is 2. The number of rotatable bonds is 6. The van der Waals surface area contributed by atoms with Gasteiger partial charge in [-0.05, 0) is 6.07 Å². The van der Waals surface area contributed by atoms with Crippen molar-refractivity contribution in [1.29, 1.82) is 0 Å². The third-order valence-corrected chi connectivity index (χ3v) is 3.81. The maximum absolute atomic E-state index is 13.5. The number of halogens is 1. The molecule has 0 spiro atoms. The number of methoxy groups -OCH3 is 1. The molecular formula is C16H20FN3O4. The first-order chi connectivity index (χ1) is 11.5. The van der Waals surface area contributed by atoms with Gasteiger partial charge in [-0.25, -0.2) is 4.39 Å². The average Bonchev–Trinajstić information content (AvgIpc) is 2.57. The van der Waals surface area contributed by atoms with Gasteiger partial charge in [0, 0.05) is 25.2 Å². The smallest absolute Gasteiger partial charge is 0.307 e. The number of esters is 1. The Morgan fingerprint density at radius 1 is 1.42 bits per heavy atom. The van der Waals surface area contributed by atoms with Gasteiger partial charge in [0.15, 0.2) is 0 Å².